The van der Waals surface area contributed by atoms with Gasteiger partial charge in [0, 0.05) is 18.8 Å². The number of esters is 1. The fourth-order valence-corrected chi connectivity index (χ4v) is 3.80. The van der Waals surface area contributed by atoms with Crippen molar-refractivity contribution in [1.82, 2.24) is 4.90 Å². The van der Waals surface area contributed by atoms with Gasteiger partial charge in [0.25, 0.3) is 11.8 Å². The Bertz CT molecular complexity index is 892. The molecule has 2 aromatic rings. The molecule has 3 rings (SSSR count). The number of nitrogens with one attached hydrogen (secondary N) is 1. The molecule has 29 heavy (non-hydrogen) atoms. The maximum atomic E-state index is 13.6. The number of aryl methyl sites for hydroxylation is 1. The van der Waals surface area contributed by atoms with Crippen LogP contribution in [0.2, 0.25) is 0 Å². The normalized spacial score (nSPS) is 15.6. The van der Waals surface area contributed by atoms with Crippen molar-refractivity contribution >= 4 is 34.8 Å². The van der Waals surface area contributed by atoms with Crippen molar-refractivity contribution in [3.8, 4) is 0 Å². The Kier molecular flexibility index (Phi) is 6.64. The summed E-state index contributed by atoms with van der Waals surface area (Å²) in [5, 5.41) is 4.40. The number of hydrogen-bond donors (Lipinski definition) is 1. The van der Waals surface area contributed by atoms with E-state index in [1.165, 1.54) is 24.3 Å². The second-order valence-electron chi connectivity index (χ2n) is 7.08. The monoisotopic (exact) mass is 418 g/mol. The van der Waals surface area contributed by atoms with Crippen LogP contribution < -0.4 is 5.32 Å². The lowest BCUT2D eigenvalue weighted by Crippen LogP contribution is -2.41. The molecule has 1 unspecified atom stereocenters. The van der Waals surface area contributed by atoms with Gasteiger partial charge in [-0.15, -0.1) is 11.3 Å². The second-order valence-corrected chi connectivity index (χ2v) is 8.02. The molecule has 154 valence electrons. The van der Waals surface area contributed by atoms with E-state index in [2.05, 4.69) is 5.32 Å². The van der Waals surface area contributed by atoms with Crippen molar-refractivity contribution in [2.45, 2.75) is 32.8 Å². The van der Waals surface area contributed by atoms with Crippen LogP contribution in [0.1, 0.15) is 35.0 Å². The zero-order chi connectivity index (χ0) is 21.0. The molecule has 0 saturated carbocycles. The first-order valence-electron chi connectivity index (χ1n) is 9.45. The van der Waals surface area contributed by atoms with Crippen LogP contribution in [0.4, 0.5) is 10.1 Å². The summed E-state index contributed by atoms with van der Waals surface area (Å²) in [5.41, 5.74) is 0.785. The molecule has 1 saturated heterocycles. The summed E-state index contributed by atoms with van der Waals surface area (Å²) in [6, 6.07) is 7.99. The van der Waals surface area contributed by atoms with Crippen LogP contribution in [0.3, 0.4) is 0 Å². The van der Waals surface area contributed by atoms with E-state index >= 15 is 0 Å². The number of hydrogen-bond acceptors (Lipinski definition) is 5. The molecule has 0 bridgehead atoms. The molecular formula is C21H23FN2O4S. The maximum absolute atomic E-state index is 13.6. The van der Waals surface area contributed by atoms with Crippen LogP contribution in [0, 0.1) is 18.7 Å². The third kappa shape index (κ3) is 5.20. The SMILES string of the molecule is Cc1ccc(NC(=O)C(C)OC(=O)C2CCN(C(=O)c3cccs3)CC2)cc1F. The van der Waals surface area contributed by atoms with Crippen molar-refractivity contribution in [2.24, 2.45) is 5.92 Å². The highest BCUT2D eigenvalue weighted by Gasteiger charge is 2.31. The first-order valence-corrected chi connectivity index (χ1v) is 10.3. The van der Waals surface area contributed by atoms with Gasteiger partial charge in [0.1, 0.15) is 5.82 Å². The van der Waals surface area contributed by atoms with E-state index in [-0.39, 0.29) is 11.8 Å². The van der Waals surface area contributed by atoms with Gasteiger partial charge in [-0.3, -0.25) is 14.4 Å². The molecule has 6 nitrogen and oxygen atoms in total. The number of rotatable bonds is 5. The van der Waals surface area contributed by atoms with Gasteiger partial charge in [0.15, 0.2) is 6.10 Å². The summed E-state index contributed by atoms with van der Waals surface area (Å²) in [7, 11) is 0. The molecule has 1 fully saturated rings. The van der Waals surface area contributed by atoms with Crippen LogP contribution in [0.25, 0.3) is 0 Å². The average Bonchev–Trinajstić information content (AvgIpc) is 3.25. The molecule has 0 spiro atoms. The summed E-state index contributed by atoms with van der Waals surface area (Å²) in [6.07, 6.45) is -0.0152. The van der Waals surface area contributed by atoms with Gasteiger partial charge in [-0.25, -0.2) is 4.39 Å². The van der Waals surface area contributed by atoms with E-state index in [4.69, 9.17) is 4.74 Å². The highest BCUT2D eigenvalue weighted by Crippen LogP contribution is 2.22. The van der Waals surface area contributed by atoms with E-state index in [0.29, 0.717) is 42.1 Å². The lowest BCUT2D eigenvalue weighted by Gasteiger charge is -2.31. The molecule has 1 aromatic carbocycles. The number of thiophene rings is 1. The molecular weight excluding hydrogens is 395 g/mol. The van der Waals surface area contributed by atoms with Gasteiger partial charge >= 0.3 is 5.97 Å². The molecule has 1 aliphatic rings. The lowest BCUT2D eigenvalue weighted by molar-refractivity contribution is -0.158. The van der Waals surface area contributed by atoms with Crippen LogP contribution >= 0.6 is 11.3 Å². The van der Waals surface area contributed by atoms with Crippen molar-refractivity contribution < 1.29 is 23.5 Å². The van der Waals surface area contributed by atoms with Crippen LogP contribution in [0.5, 0.6) is 0 Å². The number of nitrogens with zero attached hydrogens (tertiary/aromatic N) is 1. The van der Waals surface area contributed by atoms with Crippen molar-refractivity contribution in [3.63, 3.8) is 0 Å². The molecule has 0 aliphatic carbocycles. The van der Waals surface area contributed by atoms with Gasteiger partial charge in [0.05, 0.1) is 10.8 Å². The Labute approximate surface area is 172 Å². The number of ether oxygens (including phenoxy) is 1. The van der Waals surface area contributed by atoms with E-state index in [1.54, 1.807) is 30.0 Å². The Balaban J connectivity index is 1.48. The fourth-order valence-electron chi connectivity index (χ4n) is 3.11. The Hall–Kier alpha value is -2.74. The lowest BCUT2D eigenvalue weighted by atomic mass is 9.97. The molecule has 0 radical (unpaired) electrons. The maximum Gasteiger partial charge on any atom is 0.309 e. The number of likely N-dealkylation sites (tertiary alicyclic amines) is 1. The number of carbonyl (C=O) groups is 3. The number of halogens is 1. The minimum absolute atomic E-state index is 0.0232. The summed E-state index contributed by atoms with van der Waals surface area (Å²) in [6.45, 7) is 4.05. The minimum Gasteiger partial charge on any atom is -0.452 e. The minimum atomic E-state index is -1.00. The molecule has 1 aromatic heterocycles. The number of benzene rings is 1. The number of anilines is 1. The molecule has 2 amide bonds. The molecule has 2 heterocycles. The Morgan fingerprint density at radius 2 is 1.97 bits per heavy atom. The van der Waals surface area contributed by atoms with Crippen molar-refractivity contribution in [1.29, 1.82) is 0 Å². The Morgan fingerprint density at radius 3 is 2.59 bits per heavy atom. The molecule has 1 atom stereocenters. The van der Waals surface area contributed by atoms with E-state index in [0.717, 1.165) is 0 Å². The van der Waals surface area contributed by atoms with Crippen LogP contribution in [-0.2, 0) is 14.3 Å². The highest BCUT2D eigenvalue weighted by atomic mass is 32.1. The van der Waals surface area contributed by atoms with E-state index in [1.807, 2.05) is 11.4 Å². The van der Waals surface area contributed by atoms with Gasteiger partial charge in [0.2, 0.25) is 0 Å². The predicted octanol–water partition coefficient (Wildman–Crippen LogP) is 3.62. The molecule has 1 aliphatic heterocycles. The molecule has 1 N–H and O–H groups in total. The van der Waals surface area contributed by atoms with Gasteiger partial charge < -0.3 is 15.0 Å². The van der Waals surface area contributed by atoms with Crippen LogP contribution in [0.15, 0.2) is 35.7 Å². The number of amides is 2. The molecule has 8 heteroatoms. The first-order chi connectivity index (χ1) is 13.8. The van der Waals surface area contributed by atoms with E-state index in [9.17, 15) is 18.8 Å². The highest BCUT2D eigenvalue weighted by molar-refractivity contribution is 7.12. The summed E-state index contributed by atoms with van der Waals surface area (Å²) < 4.78 is 18.9. The zero-order valence-electron chi connectivity index (χ0n) is 16.3. The van der Waals surface area contributed by atoms with Crippen molar-refractivity contribution in [3.05, 3.63) is 52.0 Å². The predicted molar refractivity (Wildman–Crippen MR) is 108 cm³/mol. The third-order valence-electron chi connectivity index (χ3n) is 4.95. The Morgan fingerprint density at radius 1 is 1.24 bits per heavy atom. The number of carbonyl (C=O) groups excluding carboxylic acids is 3. The summed E-state index contributed by atoms with van der Waals surface area (Å²) in [4.78, 5) is 39.4. The van der Waals surface area contributed by atoms with Gasteiger partial charge in [-0.05, 0) is 55.8 Å². The van der Waals surface area contributed by atoms with Crippen molar-refractivity contribution in [2.75, 3.05) is 18.4 Å². The third-order valence-corrected chi connectivity index (χ3v) is 5.81. The largest absolute Gasteiger partial charge is 0.452 e. The fraction of sp³-hybridized carbons (Fsp3) is 0.381. The smallest absolute Gasteiger partial charge is 0.309 e. The number of piperidine rings is 1. The summed E-state index contributed by atoms with van der Waals surface area (Å²) >= 11 is 1.39. The second kappa shape index (κ2) is 9.17. The van der Waals surface area contributed by atoms with Crippen LogP contribution in [-0.4, -0.2) is 41.9 Å². The van der Waals surface area contributed by atoms with Gasteiger partial charge in [-0.2, -0.15) is 0 Å². The topological polar surface area (TPSA) is 75.7 Å². The summed E-state index contributed by atoms with van der Waals surface area (Å²) in [5.74, 6) is -1.77. The van der Waals surface area contributed by atoms with Gasteiger partial charge in [-0.1, -0.05) is 12.1 Å². The average molecular weight is 418 g/mol. The standard InChI is InChI=1S/C21H23FN2O4S/c1-13-5-6-16(12-17(13)22)23-19(25)14(2)28-21(27)15-7-9-24(10-8-15)20(26)18-4-3-11-29-18/h3-6,11-12,14-15H,7-10H2,1-2H3,(H,23,25). The van der Waals surface area contributed by atoms with E-state index < -0.39 is 23.8 Å². The first kappa shape index (κ1) is 21.0. The quantitative estimate of drug-likeness (QED) is 0.753. The zero-order valence-corrected chi connectivity index (χ0v) is 17.1.